The summed E-state index contributed by atoms with van der Waals surface area (Å²) in [7, 11) is 1.55. The molecule has 12 heteroatoms. The molecule has 2 heterocycles. The van der Waals surface area contributed by atoms with Crippen LogP contribution in [0.5, 0.6) is 6.01 Å². The minimum Gasteiger partial charge on any atom is -0.481 e. The Kier molecular flexibility index (Phi) is 7.97. The van der Waals surface area contributed by atoms with Crippen LogP contribution in [0.1, 0.15) is 30.4 Å². The maximum absolute atomic E-state index is 12.5. The molecule has 3 aromatic rings. The Labute approximate surface area is 188 Å². The maximum atomic E-state index is 12.5. The van der Waals surface area contributed by atoms with E-state index in [-0.39, 0.29) is 49.4 Å². The van der Waals surface area contributed by atoms with Gasteiger partial charge in [0, 0.05) is 26.5 Å². The normalized spacial score (nSPS) is 10.9. The molecule has 0 saturated carbocycles. The smallest absolute Gasteiger partial charge is 0.328 e. The van der Waals surface area contributed by atoms with E-state index >= 15 is 0 Å². The molecule has 0 saturated heterocycles. The summed E-state index contributed by atoms with van der Waals surface area (Å²) >= 11 is 0. The van der Waals surface area contributed by atoms with Crippen molar-refractivity contribution < 1.29 is 24.2 Å². The molecule has 12 nitrogen and oxygen atoms in total. The highest BCUT2D eigenvalue weighted by molar-refractivity contribution is 5.82. The Bertz CT molecular complexity index is 1170. The van der Waals surface area contributed by atoms with Crippen molar-refractivity contribution in [3.63, 3.8) is 0 Å². The van der Waals surface area contributed by atoms with Gasteiger partial charge >= 0.3 is 17.7 Å². The lowest BCUT2D eigenvalue weighted by atomic mass is 10.1. The molecule has 0 radical (unpaired) electrons. The molecule has 0 spiro atoms. The molecule has 0 fully saturated rings. The van der Waals surface area contributed by atoms with Crippen LogP contribution >= 0.6 is 0 Å². The molecule has 0 aliphatic carbocycles. The fourth-order valence-electron chi connectivity index (χ4n) is 3.09. The number of fused-ring (bicyclic) bond motifs is 1. The third-order valence-corrected chi connectivity index (χ3v) is 4.80. The summed E-state index contributed by atoms with van der Waals surface area (Å²) in [6.45, 7) is 1.17. The third kappa shape index (κ3) is 6.53. The van der Waals surface area contributed by atoms with Gasteiger partial charge in [-0.15, -0.1) is 0 Å². The number of nitrogens with zero attached hydrogens (tertiary/aromatic N) is 3. The van der Waals surface area contributed by atoms with E-state index in [1.165, 1.54) is 4.57 Å². The first-order valence-electron chi connectivity index (χ1n) is 10.3. The molecule has 0 aliphatic heterocycles. The van der Waals surface area contributed by atoms with Crippen LogP contribution < -0.4 is 21.5 Å². The number of benzene rings is 1. The molecular weight excluding hydrogens is 432 g/mol. The number of carbonyl (C=O) groups is 2. The van der Waals surface area contributed by atoms with Crippen LogP contribution in [0.25, 0.3) is 11.2 Å². The highest BCUT2D eigenvalue weighted by Crippen LogP contribution is 2.18. The van der Waals surface area contributed by atoms with Crippen LogP contribution in [0.4, 0.5) is 5.82 Å². The van der Waals surface area contributed by atoms with Gasteiger partial charge in [0.15, 0.2) is 11.5 Å². The van der Waals surface area contributed by atoms with Crippen molar-refractivity contribution in [3.8, 4) is 6.01 Å². The number of carboxylic acids is 1. The monoisotopic (exact) mass is 458 g/mol. The lowest BCUT2D eigenvalue weighted by molar-refractivity contribution is -0.137. The Balaban J connectivity index is 1.66. The SMILES string of the molecule is COCCOc1nc(N)c2[nH]c(=O)n(Cc3ccc(CNC(=O)CCCC(=O)O)cc3)c2n1. The van der Waals surface area contributed by atoms with Gasteiger partial charge in [0.25, 0.3) is 0 Å². The van der Waals surface area contributed by atoms with Gasteiger partial charge in [0.2, 0.25) is 5.91 Å². The molecule has 1 aromatic carbocycles. The average Bonchev–Trinajstić information content (AvgIpc) is 3.09. The Morgan fingerprint density at radius 1 is 1.15 bits per heavy atom. The van der Waals surface area contributed by atoms with E-state index < -0.39 is 5.97 Å². The molecular formula is C21H26N6O6. The number of H-pyrrole nitrogens is 1. The highest BCUT2D eigenvalue weighted by atomic mass is 16.5. The molecule has 0 bridgehead atoms. The van der Waals surface area contributed by atoms with Gasteiger partial charge in [-0.05, 0) is 17.5 Å². The summed E-state index contributed by atoms with van der Waals surface area (Å²) in [6.07, 6.45) is 0.426. The molecule has 176 valence electrons. The van der Waals surface area contributed by atoms with Crippen LogP contribution in [0.15, 0.2) is 29.1 Å². The van der Waals surface area contributed by atoms with E-state index in [2.05, 4.69) is 20.3 Å². The van der Waals surface area contributed by atoms with Gasteiger partial charge in [-0.1, -0.05) is 24.3 Å². The second kappa shape index (κ2) is 11.1. The van der Waals surface area contributed by atoms with Gasteiger partial charge in [0.1, 0.15) is 12.1 Å². The average molecular weight is 458 g/mol. The first-order valence-corrected chi connectivity index (χ1v) is 10.3. The number of hydrogen-bond acceptors (Lipinski definition) is 8. The van der Waals surface area contributed by atoms with Crippen molar-refractivity contribution in [2.75, 3.05) is 26.1 Å². The lowest BCUT2D eigenvalue weighted by Crippen LogP contribution is -2.22. The van der Waals surface area contributed by atoms with Gasteiger partial charge in [-0.2, -0.15) is 9.97 Å². The van der Waals surface area contributed by atoms with Crippen LogP contribution in [0.3, 0.4) is 0 Å². The number of aromatic amines is 1. The minimum atomic E-state index is -0.920. The maximum Gasteiger partial charge on any atom is 0.328 e. The summed E-state index contributed by atoms with van der Waals surface area (Å²) < 4.78 is 11.8. The molecule has 3 rings (SSSR count). The molecule has 0 unspecified atom stereocenters. The van der Waals surface area contributed by atoms with Crippen LogP contribution in [-0.2, 0) is 27.4 Å². The van der Waals surface area contributed by atoms with Gasteiger partial charge in [-0.25, -0.2) is 4.79 Å². The number of aromatic nitrogens is 4. The number of nitrogens with one attached hydrogen (secondary N) is 2. The summed E-state index contributed by atoms with van der Waals surface area (Å²) in [5, 5.41) is 11.4. The number of anilines is 1. The minimum absolute atomic E-state index is 0.0351. The van der Waals surface area contributed by atoms with Gasteiger partial charge in [0.05, 0.1) is 13.2 Å². The molecule has 5 N–H and O–H groups in total. The molecule has 0 atom stereocenters. The van der Waals surface area contributed by atoms with Crippen molar-refractivity contribution in [1.29, 1.82) is 0 Å². The standard InChI is InChI=1S/C21H26N6O6/c1-32-9-10-33-20-25-18(22)17-19(26-20)27(21(31)24-17)12-14-7-5-13(6-8-14)11-23-15(28)3-2-4-16(29)30/h5-8H,2-4,9-12H2,1H3,(H,23,28)(H,24,31)(H,29,30)(H2,22,25,26). The Morgan fingerprint density at radius 2 is 1.88 bits per heavy atom. The van der Waals surface area contributed by atoms with E-state index in [1.54, 1.807) is 7.11 Å². The van der Waals surface area contributed by atoms with Crippen molar-refractivity contribution in [2.45, 2.75) is 32.4 Å². The Hall–Kier alpha value is -3.93. The molecule has 0 aliphatic rings. The fourth-order valence-corrected chi connectivity index (χ4v) is 3.09. The van der Waals surface area contributed by atoms with Gasteiger partial charge in [-0.3, -0.25) is 14.2 Å². The van der Waals surface area contributed by atoms with E-state index in [9.17, 15) is 14.4 Å². The number of amides is 1. The van der Waals surface area contributed by atoms with Crippen molar-refractivity contribution >= 4 is 28.9 Å². The number of nitrogen functional groups attached to an aromatic ring is 1. The van der Waals surface area contributed by atoms with Crippen molar-refractivity contribution in [1.82, 2.24) is 24.8 Å². The van der Waals surface area contributed by atoms with Crippen molar-refractivity contribution in [3.05, 3.63) is 45.9 Å². The van der Waals surface area contributed by atoms with Crippen LogP contribution in [0.2, 0.25) is 0 Å². The zero-order chi connectivity index (χ0) is 23.8. The third-order valence-electron chi connectivity index (χ3n) is 4.80. The Morgan fingerprint density at radius 3 is 2.58 bits per heavy atom. The van der Waals surface area contributed by atoms with Crippen LogP contribution in [0, 0.1) is 0 Å². The fraction of sp³-hybridized carbons (Fsp3) is 0.381. The first-order chi connectivity index (χ1) is 15.9. The van der Waals surface area contributed by atoms with E-state index in [0.717, 1.165) is 11.1 Å². The van der Waals surface area contributed by atoms with E-state index in [1.807, 2.05) is 24.3 Å². The van der Waals surface area contributed by atoms with Crippen LogP contribution in [-0.4, -0.2) is 56.8 Å². The van der Waals surface area contributed by atoms with Crippen molar-refractivity contribution in [2.24, 2.45) is 0 Å². The molecule has 2 aromatic heterocycles. The van der Waals surface area contributed by atoms with E-state index in [0.29, 0.717) is 30.7 Å². The first kappa shape index (κ1) is 23.7. The number of nitrogens with two attached hydrogens (primary N) is 1. The number of ether oxygens (including phenoxy) is 2. The summed E-state index contributed by atoms with van der Waals surface area (Å²) in [6, 6.07) is 7.43. The predicted octanol–water partition coefficient (Wildman–Crippen LogP) is 0.646. The second-order valence-corrected chi connectivity index (χ2v) is 7.29. The number of hydrogen-bond donors (Lipinski definition) is 4. The zero-order valence-electron chi connectivity index (χ0n) is 18.2. The number of carboxylic acid groups (broad SMARTS) is 1. The summed E-state index contributed by atoms with van der Waals surface area (Å²) in [4.78, 5) is 45.8. The van der Waals surface area contributed by atoms with Gasteiger partial charge < -0.3 is 30.6 Å². The second-order valence-electron chi connectivity index (χ2n) is 7.29. The highest BCUT2D eigenvalue weighted by Gasteiger charge is 2.15. The number of rotatable bonds is 12. The molecule has 1 amide bonds. The number of methoxy groups -OCH3 is 1. The number of imidazole rings is 1. The summed E-state index contributed by atoms with van der Waals surface area (Å²) in [5.41, 5.74) is 7.95. The van der Waals surface area contributed by atoms with E-state index in [4.69, 9.17) is 20.3 Å². The number of aliphatic carboxylic acids is 1. The largest absolute Gasteiger partial charge is 0.481 e. The number of carbonyl (C=O) groups excluding carboxylic acids is 1. The summed E-state index contributed by atoms with van der Waals surface area (Å²) in [5.74, 6) is -1.01. The topological polar surface area (TPSA) is 174 Å². The quantitative estimate of drug-likeness (QED) is 0.284. The predicted molar refractivity (Wildman–Crippen MR) is 119 cm³/mol. The molecule has 33 heavy (non-hydrogen) atoms. The zero-order valence-corrected chi connectivity index (χ0v) is 18.2. The lowest BCUT2D eigenvalue weighted by Gasteiger charge is -2.08.